The molecule has 0 aliphatic carbocycles. The fourth-order valence-corrected chi connectivity index (χ4v) is 2.34. The number of alkyl halides is 3. The lowest BCUT2D eigenvalue weighted by Crippen LogP contribution is -2.30. The Labute approximate surface area is 119 Å². The Morgan fingerprint density at radius 1 is 0.905 bits per heavy atom. The average molecular weight is 316 g/mol. The molecule has 0 aliphatic rings. The summed E-state index contributed by atoms with van der Waals surface area (Å²) in [5.41, 5.74) is 1.24. The van der Waals surface area contributed by atoms with E-state index in [4.69, 9.17) is 5.73 Å². The Morgan fingerprint density at radius 2 is 1.43 bits per heavy atom. The van der Waals surface area contributed by atoms with Crippen molar-refractivity contribution in [2.75, 3.05) is 10.5 Å². The molecule has 4 nitrogen and oxygen atoms in total. The zero-order valence-corrected chi connectivity index (χ0v) is 11.4. The van der Waals surface area contributed by atoms with E-state index in [1.165, 1.54) is 18.2 Å². The summed E-state index contributed by atoms with van der Waals surface area (Å²) in [4.78, 5) is 0. The van der Waals surface area contributed by atoms with Gasteiger partial charge in [-0.2, -0.15) is 21.6 Å². The highest BCUT2D eigenvalue weighted by Gasteiger charge is 2.46. The maximum absolute atomic E-state index is 12.5. The van der Waals surface area contributed by atoms with Gasteiger partial charge in [-0.05, 0) is 12.1 Å². The van der Waals surface area contributed by atoms with Crippen molar-refractivity contribution in [3.8, 4) is 11.1 Å². The molecule has 8 heteroatoms. The first-order valence-corrected chi connectivity index (χ1v) is 7.24. The Morgan fingerprint density at radius 3 is 2.00 bits per heavy atom. The minimum Gasteiger partial charge on any atom is -0.398 e. The molecule has 2 aromatic rings. The molecule has 2 aromatic carbocycles. The summed E-state index contributed by atoms with van der Waals surface area (Å²) in [5.74, 6) is 0. The average Bonchev–Trinajstić information content (AvgIpc) is 2.38. The van der Waals surface area contributed by atoms with E-state index in [2.05, 4.69) is 0 Å². The molecule has 112 valence electrons. The number of sulfonamides is 1. The summed E-state index contributed by atoms with van der Waals surface area (Å²) in [6, 6.07) is 12.2. The molecule has 3 N–H and O–H groups in total. The van der Waals surface area contributed by atoms with E-state index in [9.17, 15) is 21.6 Å². The fourth-order valence-electron chi connectivity index (χ4n) is 1.75. The predicted molar refractivity (Wildman–Crippen MR) is 74.9 cm³/mol. The molecule has 0 amide bonds. The molecule has 0 spiro atoms. The van der Waals surface area contributed by atoms with Crippen LogP contribution in [-0.4, -0.2) is 13.9 Å². The van der Waals surface area contributed by atoms with E-state index in [0.717, 1.165) is 0 Å². The first kappa shape index (κ1) is 15.2. The van der Waals surface area contributed by atoms with Crippen molar-refractivity contribution >= 4 is 21.4 Å². The number of hydrogen-bond acceptors (Lipinski definition) is 3. The first-order valence-electron chi connectivity index (χ1n) is 5.75. The van der Waals surface area contributed by atoms with Gasteiger partial charge in [-0.1, -0.05) is 36.4 Å². The van der Waals surface area contributed by atoms with Crippen molar-refractivity contribution in [2.24, 2.45) is 0 Å². The number of anilines is 2. The van der Waals surface area contributed by atoms with Crippen LogP contribution in [0.25, 0.3) is 11.1 Å². The van der Waals surface area contributed by atoms with Crippen molar-refractivity contribution < 1.29 is 21.6 Å². The molecule has 0 aliphatic heterocycles. The zero-order chi connectivity index (χ0) is 15.7. The van der Waals surface area contributed by atoms with Gasteiger partial charge in [0.15, 0.2) is 0 Å². The van der Waals surface area contributed by atoms with Crippen LogP contribution in [0.3, 0.4) is 0 Å². The van der Waals surface area contributed by atoms with Gasteiger partial charge < -0.3 is 5.73 Å². The second kappa shape index (κ2) is 5.28. The quantitative estimate of drug-likeness (QED) is 0.854. The molecule has 0 heterocycles. The Hall–Kier alpha value is -2.22. The molecule has 0 saturated heterocycles. The van der Waals surface area contributed by atoms with Gasteiger partial charge in [0.1, 0.15) is 0 Å². The summed E-state index contributed by atoms with van der Waals surface area (Å²) >= 11 is 0. The third kappa shape index (κ3) is 3.10. The summed E-state index contributed by atoms with van der Waals surface area (Å²) in [6.07, 6.45) is 0. The number of halogens is 3. The normalized spacial score (nSPS) is 12.1. The summed E-state index contributed by atoms with van der Waals surface area (Å²) in [7, 11) is -5.48. The molecule has 0 atom stereocenters. The second-order valence-corrected chi connectivity index (χ2v) is 5.86. The molecule has 0 radical (unpaired) electrons. The number of benzene rings is 2. The monoisotopic (exact) mass is 316 g/mol. The van der Waals surface area contributed by atoms with Gasteiger partial charge in [0.2, 0.25) is 0 Å². The lowest BCUT2D eigenvalue weighted by atomic mass is 10.0. The number of nitrogens with two attached hydrogens (primary N) is 1. The van der Waals surface area contributed by atoms with Gasteiger partial charge in [0.05, 0.1) is 5.69 Å². The van der Waals surface area contributed by atoms with Crippen LogP contribution in [-0.2, 0) is 10.0 Å². The minimum atomic E-state index is -5.48. The highest BCUT2D eigenvalue weighted by atomic mass is 32.2. The Balaban J connectivity index is 2.52. The van der Waals surface area contributed by atoms with E-state index in [-0.39, 0.29) is 11.3 Å². The Bertz CT molecular complexity index is 758. The maximum Gasteiger partial charge on any atom is 0.516 e. The smallest absolute Gasteiger partial charge is 0.398 e. The Kier molecular flexibility index (Phi) is 3.82. The first-order chi connectivity index (χ1) is 9.72. The molecule has 0 bridgehead atoms. The number of nitrogens with one attached hydrogen (secondary N) is 1. The van der Waals surface area contributed by atoms with Crippen LogP contribution in [0.5, 0.6) is 0 Å². The summed E-state index contributed by atoms with van der Waals surface area (Å²) in [5, 5.41) is 0. The molecule has 0 unspecified atom stereocenters. The third-order valence-electron chi connectivity index (χ3n) is 2.73. The van der Waals surface area contributed by atoms with E-state index in [1.807, 2.05) is 0 Å². The number of nitrogen functional groups attached to an aromatic ring is 1. The zero-order valence-electron chi connectivity index (χ0n) is 10.6. The van der Waals surface area contributed by atoms with E-state index < -0.39 is 15.5 Å². The lowest BCUT2D eigenvalue weighted by molar-refractivity contribution is -0.0429. The predicted octanol–water partition coefficient (Wildman–Crippen LogP) is 3.20. The van der Waals surface area contributed by atoms with Crippen LogP contribution in [0.15, 0.2) is 48.5 Å². The number of para-hydroxylation sites is 2. The molecule has 0 fully saturated rings. The van der Waals surface area contributed by atoms with Crippen LogP contribution in [0.4, 0.5) is 24.5 Å². The number of rotatable bonds is 3. The number of hydrogen-bond donors (Lipinski definition) is 2. The molecule has 0 saturated carbocycles. The van der Waals surface area contributed by atoms with E-state index >= 15 is 0 Å². The van der Waals surface area contributed by atoms with Gasteiger partial charge in [0, 0.05) is 16.8 Å². The van der Waals surface area contributed by atoms with Crippen molar-refractivity contribution in [3.05, 3.63) is 48.5 Å². The van der Waals surface area contributed by atoms with Crippen molar-refractivity contribution in [1.29, 1.82) is 0 Å². The van der Waals surface area contributed by atoms with E-state index in [1.54, 1.807) is 35.1 Å². The third-order valence-corrected chi connectivity index (χ3v) is 3.83. The highest BCUT2D eigenvalue weighted by Crippen LogP contribution is 2.34. The van der Waals surface area contributed by atoms with Crippen LogP contribution < -0.4 is 10.5 Å². The van der Waals surface area contributed by atoms with Gasteiger partial charge in [-0.3, -0.25) is 4.72 Å². The van der Waals surface area contributed by atoms with Gasteiger partial charge >= 0.3 is 15.5 Å². The van der Waals surface area contributed by atoms with Crippen molar-refractivity contribution in [3.63, 3.8) is 0 Å². The lowest BCUT2D eigenvalue weighted by Gasteiger charge is -2.15. The SMILES string of the molecule is Nc1ccccc1-c1ccccc1NS(=O)(=O)C(F)(F)F. The van der Waals surface area contributed by atoms with Gasteiger partial charge in [-0.15, -0.1) is 0 Å². The van der Waals surface area contributed by atoms with Gasteiger partial charge in [-0.25, -0.2) is 0 Å². The molecular weight excluding hydrogens is 305 g/mol. The van der Waals surface area contributed by atoms with Crippen LogP contribution >= 0.6 is 0 Å². The van der Waals surface area contributed by atoms with Crippen molar-refractivity contribution in [1.82, 2.24) is 0 Å². The highest BCUT2D eigenvalue weighted by molar-refractivity contribution is 7.93. The molecule has 2 rings (SSSR count). The molecule has 0 aromatic heterocycles. The summed E-state index contributed by atoms with van der Waals surface area (Å²) < 4.78 is 61.4. The van der Waals surface area contributed by atoms with Crippen molar-refractivity contribution in [2.45, 2.75) is 5.51 Å². The van der Waals surface area contributed by atoms with Crippen LogP contribution in [0.2, 0.25) is 0 Å². The summed E-state index contributed by atoms with van der Waals surface area (Å²) in [6.45, 7) is 0. The largest absolute Gasteiger partial charge is 0.516 e. The van der Waals surface area contributed by atoms with Gasteiger partial charge in [0.25, 0.3) is 0 Å². The van der Waals surface area contributed by atoms with Crippen LogP contribution in [0, 0.1) is 0 Å². The van der Waals surface area contributed by atoms with E-state index in [0.29, 0.717) is 11.3 Å². The van der Waals surface area contributed by atoms with Crippen LogP contribution in [0.1, 0.15) is 0 Å². The maximum atomic E-state index is 12.5. The molecular formula is C13H11F3N2O2S. The minimum absolute atomic E-state index is 0.187. The molecule has 21 heavy (non-hydrogen) atoms. The standard InChI is InChI=1S/C13H11F3N2O2S/c14-13(15,16)21(19,20)18-12-8-4-2-6-10(12)9-5-1-3-7-11(9)17/h1-8,18H,17H2. The second-order valence-electron chi connectivity index (χ2n) is 4.18. The fraction of sp³-hybridized carbons (Fsp3) is 0.0769. The topological polar surface area (TPSA) is 72.2 Å².